The molecule has 0 amide bonds. The predicted octanol–water partition coefficient (Wildman–Crippen LogP) is 5.35. The topological polar surface area (TPSA) is 250 Å². The van der Waals surface area contributed by atoms with Crippen molar-refractivity contribution in [2.45, 2.75) is 50.3 Å². The third-order valence-electron chi connectivity index (χ3n) is 10.9. The fraction of sp³-hybridized carbons (Fsp3) is 0.524. The van der Waals surface area contributed by atoms with Crippen molar-refractivity contribution < 1.29 is 37.1 Å². The lowest BCUT2D eigenvalue weighted by molar-refractivity contribution is -0.432. The molecule has 0 unspecified atom stereocenters. The van der Waals surface area contributed by atoms with Gasteiger partial charge in [-0.05, 0) is 87.5 Å². The van der Waals surface area contributed by atoms with Crippen molar-refractivity contribution in [3.63, 3.8) is 0 Å². The van der Waals surface area contributed by atoms with Crippen molar-refractivity contribution >= 4 is 81.4 Å². The van der Waals surface area contributed by atoms with Gasteiger partial charge < -0.3 is 50.3 Å². The standard InChI is InChI=1S/C42H62N14O8S2/c1-5-53(6-2)19-9-17-43-37-47-39(51-41(49-37)55-21-25-61-26-22-55)45-33-15-13-31(35(29-33)65-64-63-57)11-12-32-14-16-34(30-36(32)66(58,59)60)46-40-48-38(44-18-10-20-54(7-3)8-4)50-42(52-40)56-23-27-62-28-24-56/h11-16,29-30,57H,5-10,17-28H2,1-4H3,(H,58,59,60)(H2,43,45,47,49,51)(H2,44,46,48,50,52). The van der Waals surface area contributed by atoms with Crippen molar-refractivity contribution in [1.29, 1.82) is 0 Å². The number of morpholine rings is 2. The Balaban J connectivity index is 1.21. The van der Waals surface area contributed by atoms with Gasteiger partial charge in [0.05, 0.1) is 38.5 Å². The molecule has 22 nitrogen and oxygen atoms in total. The molecule has 2 aliphatic heterocycles. The number of nitrogens with one attached hydrogen (secondary N) is 4. The van der Waals surface area contributed by atoms with Gasteiger partial charge in [-0.2, -0.15) is 38.3 Å². The zero-order chi connectivity index (χ0) is 46.7. The van der Waals surface area contributed by atoms with E-state index in [0.29, 0.717) is 117 Å². The van der Waals surface area contributed by atoms with Crippen LogP contribution in [-0.2, 0) is 29.0 Å². The van der Waals surface area contributed by atoms with Gasteiger partial charge in [0.2, 0.25) is 35.7 Å². The van der Waals surface area contributed by atoms with Gasteiger partial charge in [-0.1, -0.05) is 57.0 Å². The predicted molar refractivity (Wildman–Crippen MR) is 256 cm³/mol. The Morgan fingerprint density at radius 2 is 1.14 bits per heavy atom. The molecule has 0 aliphatic carbocycles. The number of anilines is 8. The number of ether oxygens (including phenoxy) is 2. The van der Waals surface area contributed by atoms with Gasteiger partial charge >= 0.3 is 0 Å². The average Bonchev–Trinajstić information content (AvgIpc) is 3.33. The summed E-state index contributed by atoms with van der Waals surface area (Å²) >= 11 is 0.721. The molecule has 2 saturated heterocycles. The molecule has 66 heavy (non-hydrogen) atoms. The normalized spacial score (nSPS) is 14.7. The first kappa shape index (κ1) is 50.4. The second-order valence-corrected chi connectivity index (χ2v) is 17.3. The van der Waals surface area contributed by atoms with Crippen molar-refractivity contribution in [3.05, 3.63) is 47.5 Å². The van der Waals surface area contributed by atoms with Gasteiger partial charge in [-0.3, -0.25) is 4.55 Å². The van der Waals surface area contributed by atoms with E-state index in [-0.39, 0.29) is 16.4 Å². The maximum atomic E-state index is 12.8. The molecule has 4 aromatic rings. The lowest BCUT2D eigenvalue weighted by Gasteiger charge is -2.27. The highest BCUT2D eigenvalue weighted by Crippen LogP contribution is 2.32. The van der Waals surface area contributed by atoms with E-state index in [1.807, 2.05) is 9.80 Å². The minimum atomic E-state index is -4.72. The van der Waals surface area contributed by atoms with E-state index in [0.717, 1.165) is 64.2 Å². The molecule has 2 aliphatic rings. The Morgan fingerprint density at radius 3 is 1.61 bits per heavy atom. The zero-order valence-corrected chi connectivity index (χ0v) is 39.6. The van der Waals surface area contributed by atoms with Crippen LogP contribution in [-0.4, -0.2) is 163 Å². The van der Waals surface area contributed by atoms with E-state index in [9.17, 15) is 13.0 Å². The van der Waals surface area contributed by atoms with Crippen LogP contribution in [0.25, 0.3) is 12.2 Å². The Morgan fingerprint density at radius 1 is 0.682 bits per heavy atom. The molecule has 360 valence electrons. The summed E-state index contributed by atoms with van der Waals surface area (Å²) in [4.78, 5) is 36.8. The summed E-state index contributed by atoms with van der Waals surface area (Å²) in [6.45, 7) is 20.3. The molecule has 6 N–H and O–H groups in total. The third kappa shape index (κ3) is 15.3. The van der Waals surface area contributed by atoms with E-state index in [1.165, 1.54) is 12.1 Å². The van der Waals surface area contributed by atoms with Crippen LogP contribution in [0.1, 0.15) is 51.7 Å². The Hall–Kier alpha value is -5.02. The fourth-order valence-corrected chi connectivity index (χ4v) is 8.40. The lowest BCUT2D eigenvalue weighted by Crippen LogP contribution is -2.37. The second kappa shape index (κ2) is 25.8. The largest absolute Gasteiger partial charge is 0.378 e. The van der Waals surface area contributed by atoms with Crippen LogP contribution in [0.15, 0.2) is 46.2 Å². The van der Waals surface area contributed by atoms with Crippen LogP contribution in [0.3, 0.4) is 0 Å². The number of nitrogens with zero attached hydrogens (tertiary/aromatic N) is 10. The third-order valence-corrected chi connectivity index (χ3v) is 12.5. The van der Waals surface area contributed by atoms with Gasteiger partial charge in [-0.25, -0.2) is 5.26 Å². The highest BCUT2D eigenvalue weighted by molar-refractivity contribution is 7.94. The molecule has 0 saturated carbocycles. The molecule has 2 aromatic carbocycles. The monoisotopic (exact) mass is 954 g/mol. The second-order valence-electron chi connectivity index (χ2n) is 15.2. The molecule has 2 aromatic heterocycles. The molecular weight excluding hydrogens is 893 g/mol. The zero-order valence-electron chi connectivity index (χ0n) is 38.0. The Kier molecular flexibility index (Phi) is 19.7. The fourth-order valence-electron chi connectivity index (χ4n) is 7.18. The maximum Gasteiger partial charge on any atom is 0.295 e. The number of aromatic nitrogens is 6. The van der Waals surface area contributed by atoms with E-state index >= 15 is 0 Å². The summed E-state index contributed by atoms with van der Waals surface area (Å²) in [6, 6.07) is 9.78. The van der Waals surface area contributed by atoms with Crippen molar-refractivity contribution in [2.75, 3.05) is 136 Å². The summed E-state index contributed by atoms with van der Waals surface area (Å²) < 4.78 is 52.0. The van der Waals surface area contributed by atoms with Crippen molar-refractivity contribution in [3.8, 4) is 0 Å². The molecule has 24 heteroatoms. The number of rotatable bonds is 26. The van der Waals surface area contributed by atoms with Gasteiger partial charge in [0.25, 0.3) is 10.1 Å². The van der Waals surface area contributed by atoms with Crippen LogP contribution in [0.2, 0.25) is 0 Å². The van der Waals surface area contributed by atoms with E-state index < -0.39 is 10.1 Å². The van der Waals surface area contributed by atoms with Crippen LogP contribution in [0, 0.1) is 0 Å². The van der Waals surface area contributed by atoms with Crippen LogP contribution >= 0.6 is 12.0 Å². The summed E-state index contributed by atoms with van der Waals surface area (Å²) in [6.07, 6.45) is 4.97. The minimum absolute atomic E-state index is 0.191. The van der Waals surface area contributed by atoms with Gasteiger partial charge in [0, 0.05) is 55.5 Å². The summed E-state index contributed by atoms with van der Waals surface area (Å²) in [5, 5.41) is 26.0. The van der Waals surface area contributed by atoms with Crippen LogP contribution < -0.4 is 31.1 Å². The first-order chi connectivity index (χ1) is 32.1. The van der Waals surface area contributed by atoms with Gasteiger partial charge in [0.1, 0.15) is 4.90 Å². The smallest absolute Gasteiger partial charge is 0.295 e. The Bertz CT molecular complexity index is 2280. The number of benzene rings is 2. The molecule has 0 spiro atoms. The quantitative estimate of drug-likeness (QED) is 0.0116. The molecule has 6 rings (SSSR count). The molecule has 0 atom stereocenters. The highest BCUT2D eigenvalue weighted by atomic mass is 32.2. The summed E-state index contributed by atoms with van der Waals surface area (Å²) in [7, 11) is -4.72. The van der Waals surface area contributed by atoms with Gasteiger partial charge in [0.15, 0.2) is 0 Å². The van der Waals surface area contributed by atoms with E-state index in [1.54, 1.807) is 36.4 Å². The molecule has 0 radical (unpaired) electrons. The van der Waals surface area contributed by atoms with Crippen molar-refractivity contribution in [2.24, 2.45) is 0 Å². The lowest BCUT2D eigenvalue weighted by atomic mass is 10.1. The Labute approximate surface area is 390 Å². The SMILES string of the molecule is CCN(CC)CCCNc1nc(Nc2ccc(C=Cc3ccc(Nc4nc(NCCCN(CC)CC)nc(N5CCOCC5)n4)cc3S(=O)(=O)O)c(SOOO)c2)nc(N2CCOCC2)n1. The number of hydrogen-bond acceptors (Lipinski definition) is 22. The summed E-state index contributed by atoms with van der Waals surface area (Å²) in [5.74, 6) is 2.26. The van der Waals surface area contributed by atoms with Crippen molar-refractivity contribution in [1.82, 2.24) is 39.7 Å². The van der Waals surface area contributed by atoms with E-state index in [2.05, 4.69) is 83.7 Å². The molecule has 0 bridgehead atoms. The van der Waals surface area contributed by atoms with Gasteiger partial charge in [-0.15, -0.1) is 4.33 Å². The minimum Gasteiger partial charge on any atom is -0.378 e. The summed E-state index contributed by atoms with van der Waals surface area (Å²) in [5.41, 5.74) is 1.65. The first-order valence-corrected chi connectivity index (χ1v) is 24.5. The van der Waals surface area contributed by atoms with Crippen LogP contribution in [0.5, 0.6) is 0 Å². The van der Waals surface area contributed by atoms with Crippen LogP contribution in [0.4, 0.5) is 47.1 Å². The molecule has 2 fully saturated rings. The molecule has 4 heterocycles. The molecular formula is C42H62N14O8S2. The first-order valence-electron chi connectivity index (χ1n) is 22.3. The highest BCUT2D eigenvalue weighted by Gasteiger charge is 2.21. The van der Waals surface area contributed by atoms with E-state index in [4.69, 9.17) is 29.0 Å². The average molecular weight is 955 g/mol. The number of hydrogen-bond donors (Lipinski definition) is 6. The maximum absolute atomic E-state index is 12.8.